The van der Waals surface area contributed by atoms with Gasteiger partial charge in [-0.1, -0.05) is 0 Å². The SMILES string of the molecule is Nc1ccc(NCCN2CCOCC2)cc1. The number of hydrogen-bond donors (Lipinski definition) is 2. The molecule has 1 aliphatic heterocycles. The van der Waals surface area contributed by atoms with E-state index in [0.717, 1.165) is 50.8 Å². The van der Waals surface area contributed by atoms with Gasteiger partial charge in [0.05, 0.1) is 13.2 Å². The Morgan fingerprint density at radius 2 is 1.88 bits per heavy atom. The Balaban J connectivity index is 1.69. The van der Waals surface area contributed by atoms with E-state index in [0.29, 0.717) is 0 Å². The van der Waals surface area contributed by atoms with Crippen LogP contribution >= 0.6 is 0 Å². The molecule has 1 aromatic rings. The highest BCUT2D eigenvalue weighted by atomic mass is 16.5. The van der Waals surface area contributed by atoms with Crippen LogP contribution in [0.25, 0.3) is 0 Å². The molecule has 1 heterocycles. The number of rotatable bonds is 4. The van der Waals surface area contributed by atoms with Gasteiger partial charge in [0, 0.05) is 37.6 Å². The molecule has 1 saturated heterocycles. The van der Waals surface area contributed by atoms with E-state index < -0.39 is 0 Å². The Morgan fingerprint density at radius 1 is 1.19 bits per heavy atom. The molecule has 88 valence electrons. The first kappa shape index (κ1) is 11.2. The average molecular weight is 221 g/mol. The summed E-state index contributed by atoms with van der Waals surface area (Å²) in [4.78, 5) is 2.41. The molecule has 0 bridgehead atoms. The van der Waals surface area contributed by atoms with Gasteiger partial charge in [-0.3, -0.25) is 4.90 Å². The Morgan fingerprint density at radius 3 is 2.56 bits per heavy atom. The van der Waals surface area contributed by atoms with E-state index in [-0.39, 0.29) is 0 Å². The first-order valence-corrected chi connectivity index (χ1v) is 5.74. The van der Waals surface area contributed by atoms with Gasteiger partial charge in [0.15, 0.2) is 0 Å². The van der Waals surface area contributed by atoms with Gasteiger partial charge in [-0.25, -0.2) is 0 Å². The molecule has 3 N–H and O–H groups in total. The number of hydrogen-bond acceptors (Lipinski definition) is 4. The predicted octanol–water partition coefficient (Wildman–Crippen LogP) is 1.01. The first-order chi connectivity index (χ1) is 7.84. The zero-order valence-corrected chi connectivity index (χ0v) is 9.48. The number of ether oxygens (including phenoxy) is 1. The zero-order chi connectivity index (χ0) is 11.2. The summed E-state index contributed by atoms with van der Waals surface area (Å²) in [5.74, 6) is 0. The van der Waals surface area contributed by atoms with Crippen molar-refractivity contribution < 1.29 is 4.74 Å². The molecule has 4 heteroatoms. The highest BCUT2D eigenvalue weighted by Gasteiger charge is 2.08. The van der Waals surface area contributed by atoms with Crippen molar-refractivity contribution in [1.29, 1.82) is 0 Å². The maximum absolute atomic E-state index is 5.62. The quantitative estimate of drug-likeness (QED) is 0.745. The van der Waals surface area contributed by atoms with Crippen LogP contribution in [0.1, 0.15) is 0 Å². The summed E-state index contributed by atoms with van der Waals surface area (Å²) in [6, 6.07) is 7.84. The van der Waals surface area contributed by atoms with Gasteiger partial charge in [0.2, 0.25) is 0 Å². The number of nitrogens with two attached hydrogens (primary N) is 1. The van der Waals surface area contributed by atoms with E-state index in [4.69, 9.17) is 10.5 Å². The van der Waals surface area contributed by atoms with Crippen LogP contribution in [0.4, 0.5) is 11.4 Å². The predicted molar refractivity (Wildman–Crippen MR) is 66.6 cm³/mol. The standard InChI is InChI=1S/C12H19N3O/c13-11-1-3-12(4-2-11)14-5-6-15-7-9-16-10-8-15/h1-4,14H,5-10,13H2. The van der Waals surface area contributed by atoms with E-state index in [9.17, 15) is 0 Å². The Labute approximate surface area is 96.4 Å². The third kappa shape index (κ3) is 3.40. The van der Waals surface area contributed by atoms with Crippen molar-refractivity contribution in [1.82, 2.24) is 4.90 Å². The highest BCUT2D eigenvalue weighted by molar-refractivity contribution is 5.51. The van der Waals surface area contributed by atoms with E-state index in [1.807, 2.05) is 24.3 Å². The lowest BCUT2D eigenvalue weighted by Gasteiger charge is -2.26. The minimum absolute atomic E-state index is 0.804. The fraction of sp³-hybridized carbons (Fsp3) is 0.500. The van der Waals surface area contributed by atoms with Crippen molar-refractivity contribution in [3.63, 3.8) is 0 Å². The average Bonchev–Trinajstić information content (AvgIpc) is 2.33. The number of nitrogens with one attached hydrogen (secondary N) is 1. The fourth-order valence-electron chi connectivity index (χ4n) is 1.78. The van der Waals surface area contributed by atoms with Crippen LogP contribution in [0.3, 0.4) is 0 Å². The van der Waals surface area contributed by atoms with Gasteiger partial charge >= 0.3 is 0 Å². The van der Waals surface area contributed by atoms with Gasteiger partial charge in [0.25, 0.3) is 0 Å². The van der Waals surface area contributed by atoms with Crippen LogP contribution in [-0.4, -0.2) is 44.3 Å². The molecule has 0 atom stereocenters. The third-order valence-electron chi connectivity index (χ3n) is 2.77. The highest BCUT2D eigenvalue weighted by Crippen LogP contribution is 2.09. The molecule has 1 aromatic carbocycles. The molecule has 0 unspecified atom stereocenters. The second-order valence-corrected chi connectivity index (χ2v) is 4.00. The summed E-state index contributed by atoms with van der Waals surface area (Å²) in [6.07, 6.45) is 0. The smallest absolute Gasteiger partial charge is 0.0594 e. The van der Waals surface area contributed by atoms with Crippen LogP contribution in [0.2, 0.25) is 0 Å². The molecule has 16 heavy (non-hydrogen) atoms. The van der Waals surface area contributed by atoms with E-state index in [1.54, 1.807) is 0 Å². The molecule has 4 nitrogen and oxygen atoms in total. The van der Waals surface area contributed by atoms with Gasteiger partial charge in [-0.15, -0.1) is 0 Å². The van der Waals surface area contributed by atoms with Crippen molar-refractivity contribution in [3.05, 3.63) is 24.3 Å². The third-order valence-corrected chi connectivity index (χ3v) is 2.77. The number of benzene rings is 1. The maximum atomic E-state index is 5.62. The van der Waals surface area contributed by atoms with Gasteiger partial charge in [-0.05, 0) is 24.3 Å². The molecule has 1 aliphatic rings. The monoisotopic (exact) mass is 221 g/mol. The normalized spacial score (nSPS) is 17.2. The van der Waals surface area contributed by atoms with Crippen LogP contribution in [-0.2, 0) is 4.74 Å². The summed E-state index contributed by atoms with van der Waals surface area (Å²) in [5.41, 5.74) is 7.55. The molecule has 2 rings (SSSR count). The van der Waals surface area contributed by atoms with Crippen molar-refractivity contribution in [2.24, 2.45) is 0 Å². The Hall–Kier alpha value is -1.26. The van der Waals surface area contributed by atoms with Crippen LogP contribution in [0.5, 0.6) is 0 Å². The lowest BCUT2D eigenvalue weighted by molar-refractivity contribution is 0.0398. The zero-order valence-electron chi connectivity index (χ0n) is 9.48. The molecule has 0 spiro atoms. The summed E-state index contributed by atoms with van der Waals surface area (Å²) in [5, 5.41) is 3.38. The Kier molecular flexibility index (Phi) is 4.02. The molecule has 0 aliphatic carbocycles. The summed E-state index contributed by atoms with van der Waals surface area (Å²) in [6.45, 7) is 5.84. The largest absolute Gasteiger partial charge is 0.399 e. The van der Waals surface area contributed by atoms with Crippen LogP contribution in [0.15, 0.2) is 24.3 Å². The summed E-state index contributed by atoms with van der Waals surface area (Å²) < 4.78 is 5.30. The molecular formula is C12H19N3O. The van der Waals surface area contributed by atoms with Crippen molar-refractivity contribution in [2.75, 3.05) is 50.4 Å². The summed E-state index contributed by atoms with van der Waals surface area (Å²) >= 11 is 0. The number of anilines is 2. The Bertz CT molecular complexity index is 307. The molecular weight excluding hydrogens is 202 g/mol. The molecule has 0 aromatic heterocycles. The van der Waals surface area contributed by atoms with Crippen molar-refractivity contribution >= 4 is 11.4 Å². The maximum Gasteiger partial charge on any atom is 0.0594 e. The summed E-state index contributed by atoms with van der Waals surface area (Å²) in [7, 11) is 0. The minimum Gasteiger partial charge on any atom is -0.399 e. The van der Waals surface area contributed by atoms with Gasteiger partial charge in [0.1, 0.15) is 0 Å². The number of nitrogen functional groups attached to an aromatic ring is 1. The second-order valence-electron chi connectivity index (χ2n) is 4.00. The first-order valence-electron chi connectivity index (χ1n) is 5.74. The fourth-order valence-corrected chi connectivity index (χ4v) is 1.78. The minimum atomic E-state index is 0.804. The molecule has 0 saturated carbocycles. The topological polar surface area (TPSA) is 50.5 Å². The second kappa shape index (κ2) is 5.72. The van der Waals surface area contributed by atoms with E-state index >= 15 is 0 Å². The van der Waals surface area contributed by atoms with Crippen LogP contribution < -0.4 is 11.1 Å². The lowest BCUT2D eigenvalue weighted by atomic mass is 10.3. The van der Waals surface area contributed by atoms with Gasteiger partial charge < -0.3 is 15.8 Å². The number of morpholine rings is 1. The van der Waals surface area contributed by atoms with E-state index in [2.05, 4.69) is 10.2 Å². The van der Waals surface area contributed by atoms with Crippen molar-refractivity contribution in [2.45, 2.75) is 0 Å². The molecule has 0 amide bonds. The van der Waals surface area contributed by atoms with Gasteiger partial charge in [-0.2, -0.15) is 0 Å². The lowest BCUT2D eigenvalue weighted by Crippen LogP contribution is -2.38. The number of nitrogens with zero attached hydrogens (tertiary/aromatic N) is 1. The van der Waals surface area contributed by atoms with E-state index in [1.165, 1.54) is 0 Å². The molecule has 1 fully saturated rings. The van der Waals surface area contributed by atoms with Crippen molar-refractivity contribution in [3.8, 4) is 0 Å². The van der Waals surface area contributed by atoms with Crippen LogP contribution in [0, 0.1) is 0 Å². The molecule has 0 radical (unpaired) electrons.